The number of rotatable bonds is 6. The average molecular weight is 373 g/mol. The summed E-state index contributed by atoms with van der Waals surface area (Å²) in [5.74, 6) is -0.549. The molecule has 2 amide bonds. The van der Waals surface area contributed by atoms with E-state index in [-0.39, 0.29) is 17.5 Å². The van der Waals surface area contributed by atoms with E-state index in [4.69, 9.17) is 0 Å². The molecule has 28 heavy (non-hydrogen) atoms. The molecule has 0 aliphatic carbocycles. The fraction of sp³-hybridized carbons (Fsp3) is 0.174. The summed E-state index contributed by atoms with van der Waals surface area (Å²) < 4.78 is 0. The third-order valence-corrected chi connectivity index (χ3v) is 4.53. The number of aromatic nitrogens is 1. The Kier molecular flexibility index (Phi) is 6.17. The van der Waals surface area contributed by atoms with Crippen molar-refractivity contribution in [3.05, 3.63) is 100 Å². The molecule has 5 heteroatoms. The van der Waals surface area contributed by atoms with E-state index in [1.165, 1.54) is 17.8 Å². The zero-order valence-electron chi connectivity index (χ0n) is 16.0. The quantitative estimate of drug-likeness (QED) is 0.694. The number of carbonyl (C=O) groups excluding carboxylic acids is 2. The van der Waals surface area contributed by atoms with Gasteiger partial charge in [-0.3, -0.25) is 14.6 Å². The zero-order valence-corrected chi connectivity index (χ0v) is 16.0. The highest BCUT2D eigenvalue weighted by atomic mass is 16.2. The van der Waals surface area contributed by atoms with Crippen molar-refractivity contribution in [3.63, 3.8) is 0 Å². The van der Waals surface area contributed by atoms with Crippen molar-refractivity contribution in [2.75, 3.05) is 0 Å². The highest BCUT2D eigenvalue weighted by Crippen LogP contribution is 2.08. The monoisotopic (exact) mass is 373 g/mol. The topological polar surface area (TPSA) is 71.1 Å². The Bertz CT molecular complexity index is 981. The summed E-state index contributed by atoms with van der Waals surface area (Å²) in [6.45, 7) is 4.86. The van der Waals surface area contributed by atoms with E-state index in [0.717, 1.165) is 16.7 Å². The lowest BCUT2D eigenvalue weighted by molar-refractivity contribution is 0.0946. The largest absolute Gasteiger partial charge is 0.348 e. The molecule has 0 aliphatic heterocycles. The van der Waals surface area contributed by atoms with Gasteiger partial charge in [-0.05, 0) is 42.7 Å². The molecule has 5 nitrogen and oxygen atoms in total. The van der Waals surface area contributed by atoms with Gasteiger partial charge in [0.15, 0.2) is 0 Å². The zero-order chi connectivity index (χ0) is 19.9. The van der Waals surface area contributed by atoms with Gasteiger partial charge in [0.2, 0.25) is 0 Å². The van der Waals surface area contributed by atoms with Gasteiger partial charge in [0, 0.05) is 24.8 Å². The molecule has 0 aliphatic rings. The summed E-state index contributed by atoms with van der Waals surface area (Å²) in [7, 11) is 0. The summed E-state index contributed by atoms with van der Waals surface area (Å²) >= 11 is 0. The highest BCUT2D eigenvalue weighted by molar-refractivity contribution is 5.98. The summed E-state index contributed by atoms with van der Waals surface area (Å²) in [5, 5.41) is 5.72. The van der Waals surface area contributed by atoms with Crippen LogP contribution in [0.2, 0.25) is 0 Å². The van der Waals surface area contributed by atoms with Crippen LogP contribution >= 0.6 is 0 Å². The van der Waals surface area contributed by atoms with Crippen molar-refractivity contribution >= 4 is 11.8 Å². The molecule has 0 saturated heterocycles. The van der Waals surface area contributed by atoms with E-state index in [1.54, 1.807) is 6.07 Å². The lowest BCUT2D eigenvalue weighted by atomic mass is 10.1. The molecule has 0 fully saturated rings. The Hall–Kier alpha value is -3.47. The van der Waals surface area contributed by atoms with Crippen LogP contribution in [0.25, 0.3) is 0 Å². The minimum atomic E-state index is -0.309. The van der Waals surface area contributed by atoms with E-state index < -0.39 is 0 Å². The summed E-state index contributed by atoms with van der Waals surface area (Å²) in [4.78, 5) is 28.9. The first-order valence-corrected chi connectivity index (χ1v) is 9.15. The minimum absolute atomic E-state index is 0.219. The van der Waals surface area contributed by atoms with Crippen LogP contribution in [0, 0.1) is 13.8 Å². The van der Waals surface area contributed by atoms with Crippen LogP contribution in [0.1, 0.15) is 43.1 Å². The maximum atomic E-state index is 12.4. The number of amides is 2. The lowest BCUT2D eigenvalue weighted by Gasteiger charge is -2.09. The predicted octanol–water partition coefficient (Wildman–Crippen LogP) is 3.56. The second kappa shape index (κ2) is 8.95. The maximum absolute atomic E-state index is 12.4. The molecule has 3 aromatic rings. The SMILES string of the molecule is Cc1ccc(CNC(=O)c2ccnc(C(=O)NCc3ccccc3C)c2)cc1. The molecular formula is C23H23N3O2. The Morgan fingerprint density at radius 3 is 2.32 bits per heavy atom. The molecule has 0 atom stereocenters. The van der Waals surface area contributed by atoms with Crippen LogP contribution < -0.4 is 10.6 Å². The molecule has 0 unspecified atom stereocenters. The highest BCUT2D eigenvalue weighted by Gasteiger charge is 2.12. The van der Waals surface area contributed by atoms with E-state index in [1.807, 2.05) is 62.4 Å². The van der Waals surface area contributed by atoms with Gasteiger partial charge in [-0.25, -0.2) is 0 Å². The molecule has 2 N–H and O–H groups in total. The number of pyridine rings is 1. The van der Waals surface area contributed by atoms with Crippen LogP contribution in [-0.4, -0.2) is 16.8 Å². The molecule has 0 bridgehead atoms. The Balaban J connectivity index is 1.60. The Morgan fingerprint density at radius 2 is 1.57 bits per heavy atom. The summed E-state index contributed by atoms with van der Waals surface area (Å²) in [6, 6.07) is 18.9. The van der Waals surface area contributed by atoms with Gasteiger partial charge in [0.1, 0.15) is 5.69 Å². The normalized spacial score (nSPS) is 10.4. The number of benzene rings is 2. The van der Waals surface area contributed by atoms with Crippen molar-refractivity contribution in [1.29, 1.82) is 0 Å². The lowest BCUT2D eigenvalue weighted by Crippen LogP contribution is -2.26. The van der Waals surface area contributed by atoms with E-state index in [2.05, 4.69) is 15.6 Å². The van der Waals surface area contributed by atoms with Gasteiger partial charge in [0.25, 0.3) is 11.8 Å². The Labute approximate surface area is 164 Å². The van der Waals surface area contributed by atoms with Gasteiger partial charge in [-0.2, -0.15) is 0 Å². The first-order chi connectivity index (χ1) is 13.5. The van der Waals surface area contributed by atoms with E-state index in [9.17, 15) is 9.59 Å². The summed E-state index contributed by atoms with van der Waals surface area (Å²) in [5.41, 5.74) is 4.97. The average Bonchev–Trinajstić information content (AvgIpc) is 2.72. The third-order valence-electron chi connectivity index (χ3n) is 4.53. The fourth-order valence-electron chi connectivity index (χ4n) is 2.76. The van der Waals surface area contributed by atoms with E-state index >= 15 is 0 Å². The van der Waals surface area contributed by atoms with Gasteiger partial charge >= 0.3 is 0 Å². The number of carbonyl (C=O) groups is 2. The second-order valence-electron chi connectivity index (χ2n) is 6.71. The molecule has 1 heterocycles. The van der Waals surface area contributed by atoms with Crippen molar-refractivity contribution in [2.24, 2.45) is 0 Å². The van der Waals surface area contributed by atoms with Crippen LogP contribution in [0.5, 0.6) is 0 Å². The molecule has 0 saturated carbocycles. The van der Waals surface area contributed by atoms with Crippen LogP contribution in [0.4, 0.5) is 0 Å². The van der Waals surface area contributed by atoms with Crippen LogP contribution in [0.15, 0.2) is 66.9 Å². The van der Waals surface area contributed by atoms with Gasteiger partial charge in [-0.15, -0.1) is 0 Å². The summed E-state index contributed by atoms with van der Waals surface area (Å²) in [6.07, 6.45) is 1.48. The number of aryl methyl sites for hydroxylation is 2. The number of hydrogen-bond acceptors (Lipinski definition) is 3. The second-order valence-corrected chi connectivity index (χ2v) is 6.71. The predicted molar refractivity (Wildman–Crippen MR) is 109 cm³/mol. The van der Waals surface area contributed by atoms with Gasteiger partial charge in [-0.1, -0.05) is 54.1 Å². The smallest absolute Gasteiger partial charge is 0.270 e. The van der Waals surface area contributed by atoms with Crippen molar-refractivity contribution in [1.82, 2.24) is 15.6 Å². The molecule has 142 valence electrons. The number of nitrogens with zero attached hydrogens (tertiary/aromatic N) is 1. The van der Waals surface area contributed by atoms with Crippen LogP contribution in [0.3, 0.4) is 0 Å². The number of nitrogens with one attached hydrogen (secondary N) is 2. The van der Waals surface area contributed by atoms with Gasteiger partial charge in [0.05, 0.1) is 0 Å². The maximum Gasteiger partial charge on any atom is 0.270 e. The number of hydrogen-bond donors (Lipinski definition) is 2. The Morgan fingerprint density at radius 1 is 0.857 bits per heavy atom. The van der Waals surface area contributed by atoms with Crippen molar-refractivity contribution in [3.8, 4) is 0 Å². The molecule has 0 spiro atoms. The standard InChI is InChI=1S/C23H23N3O2/c1-16-7-9-18(10-8-16)14-25-22(27)19-11-12-24-21(13-19)23(28)26-15-20-6-4-3-5-17(20)2/h3-13H,14-15H2,1-2H3,(H,25,27)(H,26,28). The molecule has 1 aromatic heterocycles. The first kappa shape index (κ1) is 19.3. The van der Waals surface area contributed by atoms with Gasteiger partial charge < -0.3 is 10.6 Å². The van der Waals surface area contributed by atoms with E-state index in [0.29, 0.717) is 18.7 Å². The molecule has 2 aromatic carbocycles. The first-order valence-electron chi connectivity index (χ1n) is 9.15. The molecule has 3 rings (SSSR count). The van der Waals surface area contributed by atoms with Crippen molar-refractivity contribution < 1.29 is 9.59 Å². The van der Waals surface area contributed by atoms with Crippen LogP contribution in [-0.2, 0) is 13.1 Å². The third kappa shape index (κ3) is 5.04. The molecule has 0 radical (unpaired) electrons. The fourth-order valence-corrected chi connectivity index (χ4v) is 2.76. The molecular weight excluding hydrogens is 350 g/mol. The minimum Gasteiger partial charge on any atom is -0.348 e. The van der Waals surface area contributed by atoms with Crippen molar-refractivity contribution in [2.45, 2.75) is 26.9 Å².